The fraction of sp³-hybridized carbons (Fsp3) is 0.846. The van der Waals surface area contributed by atoms with Gasteiger partial charge in [-0.25, -0.2) is 0 Å². The fourth-order valence-electron chi connectivity index (χ4n) is 2.37. The van der Waals surface area contributed by atoms with E-state index in [-0.39, 0.29) is 24.3 Å². The number of piperidine rings is 1. The second-order valence-corrected chi connectivity index (χ2v) is 5.18. The number of aliphatic carboxylic acids is 1. The summed E-state index contributed by atoms with van der Waals surface area (Å²) >= 11 is 0. The molecule has 1 aliphatic rings. The van der Waals surface area contributed by atoms with Gasteiger partial charge in [-0.05, 0) is 25.3 Å². The van der Waals surface area contributed by atoms with E-state index in [1.807, 2.05) is 0 Å². The molecule has 1 rings (SSSR count). The highest BCUT2D eigenvalue weighted by Crippen LogP contribution is 2.12. The fourth-order valence-corrected chi connectivity index (χ4v) is 2.37. The summed E-state index contributed by atoms with van der Waals surface area (Å²) < 4.78 is 0. The summed E-state index contributed by atoms with van der Waals surface area (Å²) in [7, 11) is 0. The van der Waals surface area contributed by atoms with Crippen LogP contribution in [-0.4, -0.2) is 47.6 Å². The van der Waals surface area contributed by atoms with Gasteiger partial charge in [0.25, 0.3) is 0 Å². The maximum absolute atomic E-state index is 11.7. The molecule has 1 heterocycles. The van der Waals surface area contributed by atoms with Crippen molar-refractivity contribution in [3.8, 4) is 0 Å². The van der Waals surface area contributed by atoms with Gasteiger partial charge in [0.15, 0.2) is 0 Å². The number of carboxylic acid groups (broad SMARTS) is 1. The highest BCUT2D eigenvalue weighted by atomic mass is 16.4. The first-order chi connectivity index (χ1) is 8.51. The molecule has 1 fully saturated rings. The second kappa shape index (κ2) is 7.36. The molecular formula is C13H24N2O3. The zero-order chi connectivity index (χ0) is 13.5. The van der Waals surface area contributed by atoms with Gasteiger partial charge in [-0.1, -0.05) is 13.8 Å². The van der Waals surface area contributed by atoms with E-state index in [4.69, 9.17) is 5.11 Å². The number of hydrogen-bond donors (Lipinski definition) is 2. The van der Waals surface area contributed by atoms with Crippen molar-refractivity contribution in [3.05, 3.63) is 0 Å². The molecule has 104 valence electrons. The predicted octanol–water partition coefficient (Wildman–Crippen LogP) is 1.09. The summed E-state index contributed by atoms with van der Waals surface area (Å²) in [5, 5.41) is 11.6. The first-order valence-corrected chi connectivity index (χ1v) is 6.74. The van der Waals surface area contributed by atoms with E-state index in [9.17, 15) is 9.59 Å². The number of carbonyl (C=O) groups is 2. The average molecular weight is 256 g/mol. The van der Waals surface area contributed by atoms with Gasteiger partial charge >= 0.3 is 5.97 Å². The summed E-state index contributed by atoms with van der Waals surface area (Å²) in [4.78, 5) is 24.6. The van der Waals surface area contributed by atoms with Gasteiger partial charge in [0.1, 0.15) is 0 Å². The third-order valence-corrected chi connectivity index (χ3v) is 3.46. The Labute approximate surface area is 109 Å². The number of hydrogen-bond acceptors (Lipinski definition) is 3. The molecule has 0 spiro atoms. The molecule has 1 aliphatic heterocycles. The summed E-state index contributed by atoms with van der Waals surface area (Å²) in [6.45, 7) is 7.08. The van der Waals surface area contributed by atoms with Crippen LogP contribution in [0.5, 0.6) is 0 Å². The molecular weight excluding hydrogens is 232 g/mol. The highest BCUT2D eigenvalue weighted by Gasteiger charge is 2.20. The number of likely N-dealkylation sites (tertiary alicyclic amines) is 1. The molecule has 5 nitrogen and oxygen atoms in total. The lowest BCUT2D eigenvalue weighted by Gasteiger charge is -2.31. The SMILES string of the molecule is CCN1CCC(NC(=O)CC(C)CC(=O)O)CC1. The first kappa shape index (κ1) is 15.0. The Morgan fingerprint density at radius 2 is 1.94 bits per heavy atom. The van der Waals surface area contributed by atoms with Crippen molar-refractivity contribution in [1.82, 2.24) is 10.2 Å². The van der Waals surface area contributed by atoms with Crippen LogP contribution >= 0.6 is 0 Å². The number of carboxylic acids is 1. The number of rotatable bonds is 6. The van der Waals surface area contributed by atoms with E-state index >= 15 is 0 Å². The van der Waals surface area contributed by atoms with E-state index in [1.54, 1.807) is 6.92 Å². The Balaban J connectivity index is 2.22. The van der Waals surface area contributed by atoms with Crippen molar-refractivity contribution in [2.75, 3.05) is 19.6 Å². The van der Waals surface area contributed by atoms with Gasteiger partial charge < -0.3 is 15.3 Å². The minimum Gasteiger partial charge on any atom is -0.481 e. The van der Waals surface area contributed by atoms with E-state index < -0.39 is 5.97 Å². The quantitative estimate of drug-likeness (QED) is 0.746. The Morgan fingerprint density at radius 3 is 2.44 bits per heavy atom. The zero-order valence-corrected chi connectivity index (χ0v) is 11.3. The van der Waals surface area contributed by atoms with E-state index in [2.05, 4.69) is 17.1 Å². The smallest absolute Gasteiger partial charge is 0.303 e. The van der Waals surface area contributed by atoms with Crippen LogP contribution in [-0.2, 0) is 9.59 Å². The van der Waals surface area contributed by atoms with Crippen LogP contribution in [0.3, 0.4) is 0 Å². The van der Waals surface area contributed by atoms with Gasteiger partial charge in [0, 0.05) is 32.0 Å². The third kappa shape index (κ3) is 5.49. The lowest BCUT2D eigenvalue weighted by atomic mass is 10.0. The largest absolute Gasteiger partial charge is 0.481 e. The van der Waals surface area contributed by atoms with E-state index in [1.165, 1.54) is 0 Å². The van der Waals surface area contributed by atoms with Gasteiger partial charge in [-0.2, -0.15) is 0 Å². The molecule has 0 aliphatic carbocycles. The van der Waals surface area contributed by atoms with Crippen LogP contribution in [0.25, 0.3) is 0 Å². The van der Waals surface area contributed by atoms with Gasteiger partial charge in [0.2, 0.25) is 5.91 Å². The molecule has 5 heteroatoms. The highest BCUT2D eigenvalue weighted by molar-refractivity contribution is 5.77. The molecule has 1 amide bonds. The van der Waals surface area contributed by atoms with Crippen molar-refractivity contribution in [3.63, 3.8) is 0 Å². The van der Waals surface area contributed by atoms with Gasteiger partial charge in [0.05, 0.1) is 0 Å². The van der Waals surface area contributed by atoms with Crippen molar-refractivity contribution < 1.29 is 14.7 Å². The van der Waals surface area contributed by atoms with Crippen LogP contribution in [0.15, 0.2) is 0 Å². The summed E-state index contributed by atoms with van der Waals surface area (Å²) in [5.41, 5.74) is 0. The number of nitrogens with one attached hydrogen (secondary N) is 1. The van der Waals surface area contributed by atoms with Crippen LogP contribution in [0.2, 0.25) is 0 Å². The molecule has 1 unspecified atom stereocenters. The van der Waals surface area contributed by atoms with Crippen LogP contribution in [0.1, 0.15) is 39.5 Å². The lowest BCUT2D eigenvalue weighted by molar-refractivity contribution is -0.138. The first-order valence-electron chi connectivity index (χ1n) is 6.74. The van der Waals surface area contributed by atoms with Crippen LogP contribution in [0.4, 0.5) is 0 Å². The number of amides is 1. The number of nitrogens with zero attached hydrogens (tertiary/aromatic N) is 1. The molecule has 2 N–H and O–H groups in total. The predicted molar refractivity (Wildman–Crippen MR) is 69.3 cm³/mol. The third-order valence-electron chi connectivity index (χ3n) is 3.46. The second-order valence-electron chi connectivity index (χ2n) is 5.18. The topological polar surface area (TPSA) is 69.6 Å². The maximum atomic E-state index is 11.7. The normalized spacial score (nSPS) is 19.4. The monoisotopic (exact) mass is 256 g/mol. The van der Waals surface area contributed by atoms with Crippen LogP contribution in [0, 0.1) is 5.92 Å². The molecule has 0 aromatic carbocycles. The average Bonchev–Trinajstić information content (AvgIpc) is 2.28. The molecule has 18 heavy (non-hydrogen) atoms. The Hall–Kier alpha value is -1.10. The van der Waals surface area contributed by atoms with Gasteiger partial charge in [-0.3, -0.25) is 9.59 Å². The van der Waals surface area contributed by atoms with Crippen molar-refractivity contribution in [2.24, 2.45) is 5.92 Å². The van der Waals surface area contributed by atoms with Crippen LogP contribution < -0.4 is 5.32 Å². The Bertz CT molecular complexity index is 286. The summed E-state index contributed by atoms with van der Waals surface area (Å²) in [6.07, 6.45) is 2.35. The van der Waals surface area contributed by atoms with Crippen molar-refractivity contribution >= 4 is 11.9 Å². The molecule has 1 saturated heterocycles. The minimum absolute atomic E-state index is 0.0151. The molecule has 0 aromatic heterocycles. The summed E-state index contributed by atoms with van der Waals surface area (Å²) in [6, 6.07) is 0.261. The van der Waals surface area contributed by atoms with Gasteiger partial charge in [-0.15, -0.1) is 0 Å². The molecule has 0 aromatic rings. The van der Waals surface area contributed by atoms with E-state index in [0.29, 0.717) is 6.42 Å². The zero-order valence-electron chi connectivity index (χ0n) is 11.3. The molecule has 0 radical (unpaired) electrons. The maximum Gasteiger partial charge on any atom is 0.303 e. The standard InChI is InChI=1S/C13H24N2O3/c1-3-15-6-4-11(5-7-15)14-12(16)8-10(2)9-13(17)18/h10-11H,3-9H2,1-2H3,(H,14,16)(H,17,18). The van der Waals surface area contributed by atoms with Crippen molar-refractivity contribution in [2.45, 2.75) is 45.6 Å². The van der Waals surface area contributed by atoms with E-state index in [0.717, 1.165) is 32.5 Å². The van der Waals surface area contributed by atoms with Crippen molar-refractivity contribution in [1.29, 1.82) is 0 Å². The Kier molecular flexibility index (Phi) is 6.12. The summed E-state index contributed by atoms with van der Waals surface area (Å²) in [5.74, 6) is -0.955. The lowest BCUT2D eigenvalue weighted by Crippen LogP contribution is -2.44. The Morgan fingerprint density at radius 1 is 1.33 bits per heavy atom. The number of carbonyl (C=O) groups excluding carboxylic acids is 1. The molecule has 0 bridgehead atoms. The molecule has 1 atom stereocenters. The minimum atomic E-state index is -0.841. The molecule has 0 saturated carbocycles.